The largest absolute Gasteiger partial charge is 0.507 e. The fourth-order valence-corrected chi connectivity index (χ4v) is 2.82. The molecule has 7 heteroatoms. The number of phenolic OH excluding ortho intramolecular Hbond substituents is 1. The Morgan fingerprint density at radius 1 is 1.07 bits per heavy atom. The molecule has 3 N–H and O–H groups in total. The van der Waals surface area contributed by atoms with Crippen LogP contribution < -0.4 is 15.5 Å². The van der Waals surface area contributed by atoms with Crippen LogP contribution >= 0.6 is 0 Å². The second-order valence-electron chi connectivity index (χ2n) is 6.12. The maximum Gasteiger partial charge on any atom is 0.259 e. The summed E-state index contributed by atoms with van der Waals surface area (Å²) in [6.07, 6.45) is 1.52. The molecule has 0 saturated heterocycles. The van der Waals surface area contributed by atoms with Crippen LogP contribution in [0.15, 0.2) is 65.8 Å². The molecule has 0 aliphatic carbocycles. The van der Waals surface area contributed by atoms with E-state index in [9.17, 15) is 14.7 Å². The number of ether oxygens (including phenoxy) is 1. The van der Waals surface area contributed by atoms with Crippen molar-refractivity contribution >= 4 is 28.8 Å². The number of hydrogen-bond acceptors (Lipinski definition) is 5. The van der Waals surface area contributed by atoms with Gasteiger partial charge in [-0.05, 0) is 35.9 Å². The third kappa shape index (κ3) is 4.90. The molecular formula is C22H21N3O4. The van der Waals surface area contributed by atoms with Crippen LogP contribution in [0.25, 0.3) is 10.8 Å². The van der Waals surface area contributed by atoms with Crippen molar-refractivity contribution in [1.29, 1.82) is 0 Å². The Kier molecular flexibility index (Phi) is 6.42. The number of carbonyl (C=O) groups is 2. The second-order valence-corrected chi connectivity index (χ2v) is 6.12. The number of hydrogen-bond donors (Lipinski definition) is 3. The molecule has 0 bridgehead atoms. The molecule has 0 spiro atoms. The summed E-state index contributed by atoms with van der Waals surface area (Å²) in [6.45, 7) is 2.12. The Morgan fingerprint density at radius 2 is 1.83 bits per heavy atom. The lowest BCUT2D eigenvalue weighted by Gasteiger charge is -2.10. The second kappa shape index (κ2) is 9.36. The van der Waals surface area contributed by atoms with Crippen LogP contribution in [0.4, 0.5) is 0 Å². The number of amides is 2. The van der Waals surface area contributed by atoms with Crippen molar-refractivity contribution in [2.75, 3.05) is 13.2 Å². The smallest absolute Gasteiger partial charge is 0.259 e. The molecule has 0 aliphatic heterocycles. The first-order valence-corrected chi connectivity index (χ1v) is 9.12. The van der Waals surface area contributed by atoms with Gasteiger partial charge in [-0.15, -0.1) is 0 Å². The average molecular weight is 391 g/mol. The van der Waals surface area contributed by atoms with Gasteiger partial charge in [0, 0.05) is 5.56 Å². The van der Waals surface area contributed by atoms with Gasteiger partial charge in [-0.2, -0.15) is 5.10 Å². The fraction of sp³-hybridized carbons (Fsp3) is 0.136. The molecule has 0 aromatic heterocycles. The third-order valence-corrected chi connectivity index (χ3v) is 4.17. The number of nitrogens with one attached hydrogen (secondary N) is 2. The number of phenols is 1. The molecule has 3 aromatic rings. The minimum atomic E-state index is -0.546. The average Bonchev–Trinajstić information content (AvgIpc) is 2.73. The van der Waals surface area contributed by atoms with Gasteiger partial charge in [0.1, 0.15) is 11.5 Å². The first kappa shape index (κ1) is 19.9. The highest BCUT2D eigenvalue weighted by Crippen LogP contribution is 2.26. The van der Waals surface area contributed by atoms with Gasteiger partial charge < -0.3 is 15.2 Å². The molecule has 3 rings (SSSR count). The van der Waals surface area contributed by atoms with Gasteiger partial charge in [-0.3, -0.25) is 9.59 Å². The van der Waals surface area contributed by atoms with E-state index in [0.29, 0.717) is 12.4 Å². The Morgan fingerprint density at radius 3 is 2.62 bits per heavy atom. The Labute approximate surface area is 168 Å². The van der Waals surface area contributed by atoms with Crippen LogP contribution in [-0.2, 0) is 4.79 Å². The SMILES string of the molecule is CCOc1ccc2ccccc2c1/C=N/NC(=O)CNC(=O)c1ccccc1O. The topological polar surface area (TPSA) is 100 Å². The number of rotatable bonds is 7. The third-order valence-electron chi connectivity index (χ3n) is 4.17. The molecule has 29 heavy (non-hydrogen) atoms. The molecular weight excluding hydrogens is 370 g/mol. The van der Waals surface area contributed by atoms with E-state index in [0.717, 1.165) is 16.3 Å². The number of nitrogens with zero attached hydrogens (tertiary/aromatic N) is 1. The first-order chi connectivity index (χ1) is 14.1. The molecule has 0 unspecified atom stereocenters. The Hall–Kier alpha value is -3.87. The zero-order chi connectivity index (χ0) is 20.6. The maximum absolute atomic E-state index is 12.0. The molecule has 0 aliphatic rings. The van der Waals surface area contributed by atoms with Gasteiger partial charge in [0.25, 0.3) is 11.8 Å². The first-order valence-electron chi connectivity index (χ1n) is 9.12. The molecule has 2 amide bonds. The lowest BCUT2D eigenvalue weighted by atomic mass is 10.0. The molecule has 3 aromatic carbocycles. The van der Waals surface area contributed by atoms with Gasteiger partial charge in [0.2, 0.25) is 0 Å². The molecule has 148 valence electrons. The number of benzene rings is 3. The van der Waals surface area contributed by atoms with E-state index in [1.807, 2.05) is 43.3 Å². The van der Waals surface area contributed by atoms with E-state index in [1.54, 1.807) is 12.1 Å². The summed E-state index contributed by atoms with van der Waals surface area (Å²) in [7, 11) is 0. The summed E-state index contributed by atoms with van der Waals surface area (Å²) in [5.74, 6) is -0.530. The summed E-state index contributed by atoms with van der Waals surface area (Å²) in [5.41, 5.74) is 3.24. The Bertz CT molecular complexity index is 1060. The van der Waals surface area contributed by atoms with Crippen molar-refractivity contribution < 1.29 is 19.4 Å². The number of aromatic hydroxyl groups is 1. The highest BCUT2D eigenvalue weighted by atomic mass is 16.5. The van der Waals surface area contributed by atoms with Gasteiger partial charge in [0.15, 0.2) is 0 Å². The molecule has 7 nitrogen and oxygen atoms in total. The number of para-hydroxylation sites is 1. The van der Waals surface area contributed by atoms with E-state index in [4.69, 9.17) is 4.74 Å². The van der Waals surface area contributed by atoms with Crippen LogP contribution in [0.1, 0.15) is 22.8 Å². The predicted octanol–water partition coefficient (Wildman–Crippen LogP) is 2.82. The van der Waals surface area contributed by atoms with E-state index in [1.165, 1.54) is 18.3 Å². The minimum absolute atomic E-state index is 0.0981. The van der Waals surface area contributed by atoms with Crippen molar-refractivity contribution in [2.45, 2.75) is 6.92 Å². The summed E-state index contributed by atoms with van der Waals surface area (Å²) in [5, 5.41) is 18.1. The van der Waals surface area contributed by atoms with E-state index >= 15 is 0 Å². The van der Waals surface area contributed by atoms with Gasteiger partial charge in [-0.25, -0.2) is 5.43 Å². The molecule has 0 heterocycles. The summed E-state index contributed by atoms with van der Waals surface area (Å²) in [4.78, 5) is 24.0. The zero-order valence-electron chi connectivity index (χ0n) is 15.9. The van der Waals surface area contributed by atoms with Crippen molar-refractivity contribution in [1.82, 2.24) is 10.7 Å². The molecule has 0 radical (unpaired) electrons. The minimum Gasteiger partial charge on any atom is -0.507 e. The highest BCUT2D eigenvalue weighted by Gasteiger charge is 2.11. The van der Waals surface area contributed by atoms with Crippen LogP contribution in [0.2, 0.25) is 0 Å². The maximum atomic E-state index is 12.0. The Balaban J connectivity index is 1.65. The summed E-state index contributed by atoms with van der Waals surface area (Å²) in [6, 6.07) is 17.7. The van der Waals surface area contributed by atoms with Crippen LogP contribution in [-0.4, -0.2) is 36.3 Å². The summed E-state index contributed by atoms with van der Waals surface area (Å²) < 4.78 is 5.66. The zero-order valence-corrected chi connectivity index (χ0v) is 15.9. The molecule has 0 saturated carbocycles. The van der Waals surface area contributed by atoms with Crippen LogP contribution in [0.3, 0.4) is 0 Å². The van der Waals surface area contributed by atoms with Crippen molar-refractivity contribution in [3.05, 3.63) is 71.8 Å². The standard InChI is InChI=1S/C22H21N3O4/c1-2-29-20-12-11-15-7-3-4-8-16(15)18(20)13-24-25-21(27)14-23-22(28)17-9-5-6-10-19(17)26/h3-13,26H,2,14H2,1H3,(H,23,28)(H,25,27)/b24-13+. The van der Waals surface area contributed by atoms with Crippen molar-refractivity contribution in [3.8, 4) is 11.5 Å². The van der Waals surface area contributed by atoms with Gasteiger partial charge >= 0.3 is 0 Å². The number of carbonyl (C=O) groups excluding carboxylic acids is 2. The van der Waals surface area contributed by atoms with E-state index in [-0.39, 0.29) is 17.9 Å². The normalized spacial score (nSPS) is 10.8. The van der Waals surface area contributed by atoms with Crippen molar-refractivity contribution in [3.63, 3.8) is 0 Å². The van der Waals surface area contributed by atoms with Crippen LogP contribution in [0.5, 0.6) is 11.5 Å². The lowest BCUT2D eigenvalue weighted by Crippen LogP contribution is -2.34. The lowest BCUT2D eigenvalue weighted by molar-refractivity contribution is -0.120. The van der Waals surface area contributed by atoms with Gasteiger partial charge in [0.05, 0.1) is 24.9 Å². The monoisotopic (exact) mass is 391 g/mol. The van der Waals surface area contributed by atoms with E-state index < -0.39 is 11.8 Å². The highest BCUT2D eigenvalue weighted by molar-refractivity contribution is 6.03. The van der Waals surface area contributed by atoms with Gasteiger partial charge in [-0.1, -0.05) is 42.5 Å². The van der Waals surface area contributed by atoms with Crippen molar-refractivity contribution in [2.24, 2.45) is 5.10 Å². The number of fused-ring (bicyclic) bond motifs is 1. The fourth-order valence-electron chi connectivity index (χ4n) is 2.82. The quantitative estimate of drug-likeness (QED) is 0.426. The molecule has 0 fully saturated rings. The predicted molar refractivity (Wildman–Crippen MR) is 111 cm³/mol. The summed E-state index contributed by atoms with van der Waals surface area (Å²) >= 11 is 0. The van der Waals surface area contributed by atoms with E-state index in [2.05, 4.69) is 15.8 Å². The number of hydrazone groups is 1. The molecule has 0 atom stereocenters. The van der Waals surface area contributed by atoms with Crippen LogP contribution in [0, 0.1) is 0 Å².